The van der Waals surface area contributed by atoms with Gasteiger partial charge in [0.15, 0.2) is 0 Å². The largest absolute Gasteiger partial charge is 0.497 e. The second kappa shape index (κ2) is 11.6. The van der Waals surface area contributed by atoms with Crippen molar-refractivity contribution in [3.8, 4) is 28.4 Å². The fourth-order valence-corrected chi connectivity index (χ4v) is 5.30. The molecule has 5 rings (SSSR count). The standard InChI is InChI=1S/C29H31F3N4O6/c1-4-11-42-28(39)35-10-8-22-25(17-12-20(40-2)15-21(13-17)41-3)33-36(27(38)26(22)35)24-14-18(34-9-7-19(37)16-34)5-6-23(24)29(30,31)32/h5-6,12-15,19,37H,4,7-11,16H2,1-3H3/t19-/m0/s1. The Hall–Kier alpha value is -4.26. The van der Waals surface area contributed by atoms with E-state index < -0.39 is 35.2 Å². The van der Waals surface area contributed by atoms with Crippen LogP contribution < -0.4 is 24.8 Å². The molecule has 1 amide bonds. The van der Waals surface area contributed by atoms with Crippen molar-refractivity contribution >= 4 is 17.5 Å². The molecule has 0 aliphatic carbocycles. The maximum Gasteiger partial charge on any atom is 0.418 e. The van der Waals surface area contributed by atoms with Gasteiger partial charge in [0.2, 0.25) is 0 Å². The van der Waals surface area contributed by atoms with E-state index in [1.165, 1.54) is 26.4 Å². The third kappa shape index (κ3) is 5.48. The molecule has 1 fully saturated rings. The van der Waals surface area contributed by atoms with Crippen LogP contribution >= 0.6 is 0 Å². The molecule has 0 bridgehead atoms. The van der Waals surface area contributed by atoms with Gasteiger partial charge < -0.3 is 24.2 Å². The minimum atomic E-state index is -4.82. The lowest BCUT2D eigenvalue weighted by molar-refractivity contribution is -0.137. The zero-order valence-electron chi connectivity index (χ0n) is 23.4. The first kappa shape index (κ1) is 29.2. The number of fused-ring (bicyclic) bond motifs is 1. The number of amides is 1. The quantitative estimate of drug-likeness (QED) is 0.433. The first-order valence-corrected chi connectivity index (χ1v) is 13.5. The van der Waals surface area contributed by atoms with Gasteiger partial charge in [-0.25, -0.2) is 4.79 Å². The van der Waals surface area contributed by atoms with Crippen LogP contribution in [0.25, 0.3) is 16.9 Å². The molecule has 42 heavy (non-hydrogen) atoms. The maximum absolute atomic E-state index is 14.4. The highest BCUT2D eigenvalue weighted by Crippen LogP contribution is 2.39. The monoisotopic (exact) mass is 588 g/mol. The van der Waals surface area contributed by atoms with Crippen LogP contribution in [-0.2, 0) is 17.3 Å². The van der Waals surface area contributed by atoms with Crippen molar-refractivity contribution in [3.05, 3.63) is 57.9 Å². The summed E-state index contributed by atoms with van der Waals surface area (Å²) in [5.74, 6) is 0.806. The minimum Gasteiger partial charge on any atom is -0.497 e. The van der Waals surface area contributed by atoms with E-state index in [-0.39, 0.29) is 37.5 Å². The fraction of sp³-hybridized carbons (Fsp3) is 0.414. The van der Waals surface area contributed by atoms with Gasteiger partial charge in [0, 0.05) is 42.5 Å². The number of aliphatic hydroxyl groups excluding tert-OH is 1. The van der Waals surface area contributed by atoms with Crippen molar-refractivity contribution in [1.82, 2.24) is 9.78 Å². The summed E-state index contributed by atoms with van der Waals surface area (Å²) in [6, 6.07) is 8.34. The van der Waals surface area contributed by atoms with Gasteiger partial charge in [-0.1, -0.05) is 6.92 Å². The number of carbonyl (C=O) groups excluding carboxylic acids is 1. The first-order chi connectivity index (χ1) is 20.0. The summed E-state index contributed by atoms with van der Waals surface area (Å²) in [6.45, 7) is 2.70. The number of rotatable bonds is 7. The lowest BCUT2D eigenvalue weighted by Crippen LogP contribution is -2.36. The summed E-state index contributed by atoms with van der Waals surface area (Å²) in [5, 5.41) is 14.5. The minimum absolute atomic E-state index is 0.0880. The van der Waals surface area contributed by atoms with E-state index in [0.717, 1.165) is 11.0 Å². The summed E-state index contributed by atoms with van der Waals surface area (Å²) in [7, 11) is 2.92. The number of methoxy groups -OCH3 is 2. The van der Waals surface area contributed by atoms with Crippen molar-refractivity contribution in [2.24, 2.45) is 0 Å². The van der Waals surface area contributed by atoms with E-state index in [9.17, 15) is 27.9 Å². The summed E-state index contributed by atoms with van der Waals surface area (Å²) >= 11 is 0. The molecule has 224 valence electrons. The van der Waals surface area contributed by atoms with Gasteiger partial charge in [0.1, 0.15) is 17.2 Å². The SMILES string of the molecule is CCCOC(=O)N1CCc2c(-c3cc(OC)cc(OC)c3)nn(-c3cc(N4CC[C@H](O)C4)ccc3C(F)(F)F)c(=O)c21. The van der Waals surface area contributed by atoms with Gasteiger partial charge in [0.25, 0.3) is 5.56 Å². The van der Waals surface area contributed by atoms with E-state index in [1.807, 2.05) is 6.92 Å². The zero-order valence-corrected chi connectivity index (χ0v) is 23.4. The third-order valence-electron chi connectivity index (χ3n) is 7.34. The van der Waals surface area contributed by atoms with Gasteiger partial charge >= 0.3 is 12.3 Å². The molecule has 3 aromatic rings. The number of ether oxygens (including phenoxy) is 3. The topological polar surface area (TPSA) is 106 Å². The highest BCUT2D eigenvalue weighted by atomic mass is 19.4. The molecule has 2 aromatic carbocycles. The van der Waals surface area contributed by atoms with Gasteiger partial charge in [-0.15, -0.1) is 0 Å². The van der Waals surface area contributed by atoms with Gasteiger partial charge in [0.05, 0.1) is 43.9 Å². The van der Waals surface area contributed by atoms with E-state index in [2.05, 4.69) is 5.10 Å². The number of halogens is 3. The van der Waals surface area contributed by atoms with E-state index in [1.54, 1.807) is 23.1 Å². The average molecular weight is 589 g/mol. The normalized spacial score (nSPS) is 16.5. The van der Waals surface area contributed by atoms with Gasteiger partial charge in [-0.05, 0) is 49.6 Å². The number of benzene rings is 2. The Kier molecular flexibility index (Phi) is 8.04. The number of aromatic nitrogens is 2. The third-order valence-corrected chi connectivity index (χ3v) is 7.34. The van der Waals surface area contributed by atoms with Crippen LogP contribution in [0.5, 0.6) is 11.5 Å². The lowest BCUT2D eigenvalue weighted by Gasteiger charge is -2.23. The second-order valence-corrected chi connectivity index (χ2v) is 10.1. The molecule has 0 radical (unpaired) electrons. The van der Waals surface area contributed by atoms with E-state index >= 15 is 0 Å². The van der Waals surface area contributed by atoms with Crippen molar-refractivity contribution < 1.29 is 37.3 Å². The number of nitrogens with zero attached hydrogens (tertiary/aromatic N) is 4. The Labute approximate surface area is 239 Å². The number of hydrogen-bond acceptors (Lipinski definition) is 8. The van der Waals surface area contributed by atoms with Crippen LogP contribution in [0.3, 0.4) is 0 Å². The highest BCUT2D eigenvalue weighted by Gasteiger charge is 2.38. The first-order valence-electron chi connectivity index (χ1n) is 13.5. The molecule has 0 spiro atoms. The van der Waals surface area contributed by atoms with Gasteiger partial charge in [-0.3, -0.25) is 9.69 Å². The zero-order chi connectivity index (χ0) is 30.2. The van der Waals surface area contributed by atoms with Crippen molar-refractivity contribution in [2.45, 2.75) is 38.5 Å². The number of aliphatic hydroxyl groups is 1. The molecule has 0 unspecified atom stereocenters. The Bertz CT molecular complexity index is 1540. The molecule has 13 heteroatoms. The molecule has 1 atom stereocenters. The van der Waals surface area contributed by atoms with Crippen molar-refractivity contribution in [1.29, 1.82) is 0 Å². The fourth-order valence-electron chi connectivity index (χ4n) is 5.30. The van der Waals surface area contributed by atoms with Crippen molar-refractivity contribution in [2.75, 3.05) is 50.3 Å². The molecule has 1 aromatic heterocycles. The van der Waals surface area contributed by atoms with Crippen LogP contribution in [0.1, 0.15) is 30.9 Å². The molecule has 10 nitrogen and oxygen atoms in total. The smallest absolute Gasteiger partial charge is 0.418 e. The highest BCUT2D eigenvalue weighted by molar-refractivity contribution is 5.92. The predicted octanol–water partition coefficient (Wildman–Crippen LogP) is 4.42. The number of anilines is 2. The van der Waals surface area contributed by atoms with Crippen LogP contribution in [0.2, 0.25) is 0 Å². The number of β-amino-alcohol motifs (C(OH)–C–C–N with tert-alkyl or cyclic N) is 1. The number of alkyl halides is 3. The second-order valence-electron chi connectivity index (χ2n) is 10.1. The summed E-state index contributed by atoms with van der Waals surface area (Å²) in [6.07, 6.45) is -4.97. The number of hydrogen-bond donors (Lipinski definition) is 1. The molecule has 2 aliphatic rings. The van der Waals surface area contributed by atoms with Crippen LogP contribution in [0, 0.1) is 0 Å². The summed E-state index contributed by atoms with van der Waals surface area (Å²) in [4.78, 5) is 29.9. The Balaban J connectivity index is 1.79. The predicted molar refractivity (Wildman–Crippen MR) is 149 cm³/mol. The Morgan fingerprint density at radius 1 is 1.10 bits per heavy atom. The van der Waals surface area contributed by atoms with E-state index in [4.69, 9.17) is 14.2 Å². The summed E-state index contributed by atoms with van der Waals surface area (Å²) in [5.41, 5.74) is -1.15. The lowest BCUT2D eigenvalue weighted by atomic mass is 10.0. The Morgan fingerprint density at radius 3 is 2.40 bits per heavy atom. The molecule has 3 heterocycles. The summed E-state index contributed by atoms with van der Waals surface area (Å²) < 4.78 is 59.9. The number of carbonyl (C=O) groups is 1. The molecule has 2 aliphatic heterocycles. The molecule has 1 N–H and O–H groups in total. The van der Waals surface area contributed by atoms with Crippen molar-refractivity contribution in [3.63, 3.8) is 0 Å². The molecular formula is C29H31F3N4O6. The van der Waals surface area contributed by atoms with Gasteiger partial charge in [-0.2, -0.15) is 23.0 Å². The molecular weight excluding hydrogens is 557 g/mol. The van der Waals surface area contributed by atoms with Crippen LogP contribution in [0.4, 0.5) is 29.3 Å². The Morgan fingerprint density at radius 2 is 1.81 bits per heavy atom. The van der Waals surface area contributed by atoms with Crippen LogP contribution in [-0.4, -0.2) is 67.5 Å². The van der Waals surface area contributed by atoms with Crippen LogP contribution in [0.15, 0.2) is 41.2 Å². The average Bonchev–Trinajstić information content (AvgIpc) is 3.62. The maximum atomic E-state index is 14.4. The van der Waals surface area contributed by atoms with E-state index in [0.29, 0.717) is 52.4 Å². The molecule has 0 saturated carbocycles. The molecule has 1 saturated heterocycles.